The summed E-state index contributed by atoms with van der Waals surface area (Å²) >= 11 is 0. The maximum absolute atomic E-state index is 12.6. The molecule has 0 saturated carbocycles. The predicted molar refractivity (Wildman–Crippen MR) is 186 cm³/mol. The van der Waals surface area contributed by atoms with Crippen LogP contribution in [-0.4, -0.2) is 49.5 Å². The number of nitrogens with one attached hydrogen (secondary N) is 2. The third kappa shape index (κ3) is 16.6. The van der Waals surface area contributed by atoms with Gasteiger partial charge in [0.1, 0.15) is 6.29 Å². The van der Waals surface area contributed by atoms with Gasteiger partial charge in [0.2, 0.25) is 0 Å². The van der Waals surface area contributed by atoms with E-state index < -0.39 is 0 Å². The molecule has 0 spiro atoms. The smallest absolute Gasteiger partial charge is 0.274 e. The highest BCUT2D eigenvalue weighted by molar-refractivity contribution is 5.96. The second-order valence-electron chi connectivity index (χ2n) is 10.7. The predicted octanol–water partition coefficient (Wildman–Crippen LogP) is 8.11. The minimum Gasteiger partial charge on any atom is -0.381 e. The average molecular weight is 591 g/mol. The Morgan fingerprint density at radius 1 is 1.14 bits per heavy atom. The number of aldehydes is 1. The molecule has 43 heavy (non-hydrogen) atoms. The highest BCUT2D eigenvalue weighted by Crippen LogP contribution is 2.26. The maximum atomic E-state index is 12.6. The van der Waals surface area contributed by atoms with Crippen molar-refractivity contribution in [3.63, 3.8) is 0 Å². The first-order valence-corrected chi connectivity index (χ1v) is 15.8. The summed E-state index contributed by atoms with van der Waals surface area (Å²) in [7, 11) is 1.98. The molecular formula is C37H58N4O2. The highest BCUT2D eigenvalue weighted by Gasteiger charge is 2.32. The fourth-order valence-corrected chi connectivity index (χ4v) is 4.29. The fraction of sp³-hybridized carbons (Fsp3) is 0.486. The van der Waals surface area contributed by atoms with E-state index >= 15 is 0 Å². The number of hydrogen-bond donors (Lipinski definition) is 2. The van der Waals surface area contributed by atoms with Crippen molar-refractivity contribution in [2.75, 3.05) is 20.1 Å². The van der Waals surface area contributed by atoms with Gasteiger partial charge in [0, 0.05) is 31.2 Å². The number of amides is 1. The summed E-state index contributed by atoms with van der Waals surface area (Å²) in [6.07, 6.45) is 17.3. The van der Waals surface area contributed by atoms with Crippen LogP contribution in [0, 0.1) is 0 Å². The molecule has 1 aliphatic rings. The number of carbonyl (C=O) groups is 2. The Morgan fingerprint density at radius 3 is 2.35 bits per heavy atom. The molecule has 6 nitrogen and oxygen atoms in total. The number of nitrogens with zero attached hydrogens (tertiary/aromatic N) is 2. The molecule has 1 amide bonds. The van der Waals surface area contributed by atoms with Gasteiger partial charge in [-0.25, -0.2) is 0 Å². The summed E-state index contributed by atoms with van der Waals surface area (Å²) < 4.78 is 0. The van der Waals surface area contributed by atoms with Gasteiger partial charge in [0.25, 0.3) is 5.91 Å². The van der Waals surface area contributed by atoms with E-state index in [2.05, 4.69) is 75.0 Å². The molecule has 1 aromatic carbocycles. The Balaban J connectivity index is 0.000000783. The molecular weight excluding hydrogens is 532 g/mol. The number of allylic oxidation sites excluding steroid dienone is 5. The number of aliphatic imine (C=N–C) groups is 1. The summed E-state index contributed by atoms with van der Waals surface area (Å²) in [5.74, 6) is -0.160. The Hall–Kier alpha value is -3.51. The third-order valence-electron chi connectivity index (χ3n) is 6.48. The Bertz CT molecular complexity index is 1090. The quantitative estimate of drug-likeness (QED) is 0.0755. The zero-order chi connectivity index (χ0) is 32.5. The van der Waals surface area contributed by atoms with Crippen molar-refractivity contribution in [3.8, 4) is 0 Å². The molecule has 6 heteroatoms. The van der Waals surface area contributed by atoms with E-state index in [1.54, 1.807) is 6.08 Å². The van der Waals surface area contributed by atoms with Gasteiger partial charge in [-0.05, 0) is 83.6 Å². The molecule has 0 radical (unpaired) electrons. The molecule has 1 heterocycles. The zero-order valence-electron chi connectivity index (χ0n) is 28.2. The van der Waals surface area contributed by atoms with Gasteiger partial charge < -0.3 is 20.3 Å². The van der Waals surface area contributed by atoms with Gasteiger partial charge in [0.05, 0.1) is 11.7 Å². The van der Waals surface area contributed by atoms with Crippen LogP contribution in [0.1, 0.15) is 92.6 Å². The minimum absolute atomic E-state index is 0.160. The van der Waals surface area contributed by atoms with Crippen molar-refractivity contribution in [2.24, 2.45) is 4.99 Å². The van der Waals surface area contributed by atoms with E-state index in [0.29, 0.717) is 25.1 Å². The highest BCUT2D eigenvalue weighted by atomic mass is 16.2. The van der Waals surface area contributed by atoms with Crippen molar-refractivity contribution in [3.05, 3.63) is 95.0 Å². The molecule has 0 aliphatic carbocycles. The minimum atomic E-state index is -0.379. The molecule has 238 valence electrons. The van der Waals surface area contributed by atoms with Gasteiger partial charge in [0.15, 0.2) is 0 Å². The lowest BCUT2D eigenvalue weighted by Crippen LogP contribution is -2.39. The van der Waals surface area contributed by atoms with Crippen LogP contribution < -0.4 is 10.6 Å². The van der Waals surface area contributed by atoms with Crippen LogP contribution in [0.4, 0.5) is 0 Å². The van der Waals surface area contributed by atoms with Gasteiger partial charge in [-0.1, -0.05) is 94.3 Å². The largest absolute Gasteiger partial charge is 0.381 e. The van der Waals surface area contributed by atoms with Crippen molar-refractivity contribution in [1.82, 2.24) is 15.5 Å². The van der Waals surface area contributed by atoms with Crippen LogP contribution in [0.15, 0.2) is 94.4 Å². The lowest BCUT2D eigenvalue weighted by Gasteiger charge is -2.23. The second kappa shape index (κ2) is 25.0. The summed E-state index contributed by atoms with van der Waals surface area (Å²) in [4.78, 5) is 29.5. The first-order chi connectivity index (χ1) is 20.7. The molecule has 1 aliphatic heterocycles. The van der Waals surface area contributed by atoms with E-state index in [1.807, 2.05) is 57.6 Å². The number of rotatable bonds is 14. The van der Waals surface area contributed by atoms with Crippen LogP contribution in [0.25, 0.3) is 0 Å². The SMILES string of the molecule is C=C1CCC(C=O)N1C(=O)/C(=C\C)NCCCc1ccccc1.CCC.C\C=C/N=C/C(=C/C(CNC)=C(C)C)CCC. The molecule has 1 aromatic rings. The van der Waals surface area contributed by atoms with Crippen LogP contribution in [0.5, 0.6) is 0 Å². The first-order valence-electron chi connectivity index (χ1n) is 15.8. The standard InChI is InChI=1S/C19H24N2O2.C15H26N2.C3H8/c1-3-18(19(23)21-15(2)11-12-17(21)14-22)20-13-7-10-16-8-5-4-6-9-16;1-6-8-14(11-17-9-7-2)10-15(12-16-5)13(3)4;1-3-2/h3-6,8-9,14,17,20H,2,7,10-13H2,1H3;7,9-11,16H,6,8,12H2,1-5H3;3H2,1-2H3/b18-3+;9-7-,14-10+,17-11+;. The van der Waals surface area contributed by atoms with Gasteiger partial charge >= 0.3 is 0 Å². The number of aryl methyl sites for hydroxylation is 1. The lowest BCUT2D eigenvalue weighted by atomic mass is 10.0. The summed E-state index contributed by atoms with van der Waals surface area (Å²) in [5.41, 5.74) is 6.54. The maximum Gasteiger partial charge on any atom is 0.274 e. The molecule has 1 fully saturated rings. The molecule has 0 aromatic heterocycles. The molecule has 2 N–H and O–H groups in total. The Labute approximate surface area is 262 Å². The number of carbonyl (C=O) groups excluding carboxylic acids is 2. The van der Waals surface area contributed by atoms with Gasteiger partial charge in [-0.2, -0.15) is 0 Å². The summed E-state index contributed by atoms with van der Waals surface area (Å²) in [6, 6.07) is 9.89. The van der Waals surface area contributed by atoms with Crippen molar-refractivity contribution < 1.29 is 9.59 Å². The van der Waals surface area contributed by atoms with Gasteiger partial charge in [-0.3, -0.25) is 9.79 Å². The molecule has 1 atom stereocenters. The van der Waals surface area contributed by atoms with Crippen molar-refractivity contribution in [1.29, 1.82) is 0 Å². The number of likely N-dealkylation sites (N-methyl/N-ethyl adjacent to an activating group) is 1. The van der Waals surface area contributed by atoms with E-state index in [4.69, 9.17) is 0 Å². The molecule has 1 saturated heterocycles. The van der Waals surface area contributed by atoms with E-state index in [1.165, 1.54) is 33.6 Å². The van der Waals surface area contributed by atoms with Crippen LogP contribution in [0.3, 0.4) is 0 Å². The fourth-order valence-electron chi connectivity index (χ4n) is 4.29. The third-order valence-corrected chi connectivity index (χ3v) is 6.48. The Kier molecular flexibility index (Phi) is 23.0. The lowest BCUT2D eigenvalue weighted by molar-refractivity contribution is -0.129. The molecule has 0 bridgehead atoms. The number of benzene rings is 1. The van der Waals surface area contributed by atoms with E-state index in [0.717, 1.165) is 44.2 Å². The van der Waals surface area contributed by atoms with Crippen molar-refractivity contribution in [2.45, 2.75) is 99.5 Å². The summed E-state index contributed by atoms with van der Waals surface area (Å²) in [5, 5.41) is 6.40. The normalized spacial score (nSPS) is 15.1. The monoisotopic (exact) mass is 590 g/mol. The van der Waals surface area contributed by atoms with Crippen LogP contribution >= 0.6 is 0 Å². The number of likely N-dealkylation sites (tertiary alicyclic amines) is 1. The molecule has 2 rings (SSSR count). The molecule has 1 unspecified atom stereocenters. The zero-order valence-corrected chi connectivity index (χ0v) is 28.2. The average Bonchev–Trinajstić information content (AvgIpc) is 3.38. The second-order valence-corrected chi connectivity index (χ2v) is 10.7. The van der Waals surface area contributed by atoms with Gasteiger partial charge in [-0.15, -0.1) is 0 Å². The first kappa shape index (κ1) is 39.5. The van der Waals surface area contributed by atoms with E-state index in [9.17, 15) is 9.59 Å². The van der Waals surface area contributed by atoms with E-state index in [-0.39, 0.29) is 11.9 Å². The summed E-state index contributed by atoms with van der Waals surface area (Å²) in [6.45, 7) is 20.1. The van der Waals surface area contributed by atoms with Crippen molar-refractivity contribution >= 4 is 18.4 Å². The number of hydrogen-bond acceptors (Lipinski definition) is 5. The Morgan fingerprint density at radius 2 is 1.81 bits per heavy atom. The van der Waals surface area contributed by atoms with Crippen LogP contribution in [-0.2, 0) is 16.0 Å². The topological polar surface area (TPSA) is 73.8 Å². The van der Waals surface area contributed by atoms with Crippen LogP contribution in [0.2, 0.25) is 0 Å².